The van der Waals surface area contributed by atoms with Crippen molar-refractivity contribution in [1.82, 2.24) is 10.3 Å². The van der Waals surface area contributed by atoms with E-state index in [1.165, 1.54) is 0 Å². The highest BCUT2D eigenvalue weighted by Crippen LogP contribution is 2.25. The van der Waals surface area contributed by atoms with Crippen molar-refractivity contribution in [3.05, 3.63) is 75.2 Å². The lowest BCUT2D eigenvalue weighted by atomic mass is 10.0. The van der Waals surface area contributed by atoms with Crippen LogP contribution in [-0.2, 0) is 11.3 Å². The van der Waals surface area contributed by atoms with Crippen molar-refractivity contribution >= 4 is 28.5 Å². The Labute approximate surface area is 180 Å². The van der Waals surface area contributed by atoms with E-state index < -0.39 is 17.6 Å². The van der Waals surface area contributed by atoms with Gasteiger partial charge in [0.25, 0.3) is 11.5 Å². The number of fused-ring (bicyclic) bond motifs is 1. The molecule has 0 spiro atoms. The third-order valence-electron chi connectivity index (χ3n) is 4.69. The quantitative estimate of drug-likeness (QED) is 0.580. The molecular weight excluding hydrogens is 394 g/mol. The number of nitrogens with one attached hydrogen (secondary N) is 3. The Bertz CT molecular complexity index is 1210. The summed E-state index contributed by atoms with van der Waals surface area (Å²) in [6.45, 7) is 9.00. The number of aromatic amines is 1. The number of hydrogen-bond donors (Lipinski definition) is 3. The Balaban J connectivity index is 1.91. The number of ether oxygens (including phenoxy) is 1. The molecule has 1 aromatic heterocycles. The van der Waals surface area contributed by atoms with E-state index in [9.17, 15) is 14.4 Å². The molecule has 3 rings (SSSR count). The van der Waals surface area contributed by atoms with Crippen LogP contribution >= 0.6 is 0 Å². The lowest BCUT2D eigenvalue weighted by Gasteiger charge is -2.20. The molecular formula is C24H27N3O4. The normalized spacial score (nSPS) is 11.3. The Hall–Kier alpha value is -3.61. The molecule has 0 fully saturated rings. The van der Waals surface area contributed by atoms with E-state index in [-0.39, 0.29) is 17.7 Å². The molecule has 0 saturated carbocycles. The van der Waals surface area contributed by atoms with Gasteiger partial charge in [0.1, 0.15) is 5.60 Å². The number of aryl methyl sites for hydroxylation is 2. The summed E-state index contributed by atoms with van der Waals surface area (Å²) in [6, 6.07) is 12.8. The van der Waals surface area contributed by atoms with Gasteiger partial charge < -0.3 is 15.0 Å². The summed E-state index contributed by atoms with van der Waals surface area (Å²) in [6.07, 6.45) is -0.650. The minimum Gasteiger partial charge on any atom is -0.444 e. The molecule has 0 bridgehead atoms. The zero-order valence-corrected chi connectivity index (χ0v) is 18.4. The Morgan fingerprint density at radius 1 is 1.03 bits per heavy atom. The number of amides is 2. The van der Waals surface area contributed by atoms with E-state index in [4.69, 9.17) is 4.74 Å². The maximum Gasteiger partial charge on any atom is 0.412 e. The van der Waals surface area contributed by atoms with Gasteiger partial charge in [-0.15, -0.1) is 0 Å². The van der Waals surface area contributed by atoms with Crippen molar-refractivity contribution in [2.75, 3.05) is 5.32 Å². The lowest BCUT2D eigenvalue weighted by molar-refractivity contribution is 0.0636. The highest BCUT2D eigenvalue weighted by atomic mass is 16.6. The van der Waals surface area contributed by atoms with Crippen molar-refractivity contribution in [1.29, 1.82) is 0 Å². The minimum atomic E-state index is -0.673. The second-order valence-electron chi connectivity index (χ2n) is 8.50. The highest BCUT2D eigenvalue weighted by Gasteiger charge is 2.20. The van der Waals surface area contributed by atoms with Crippen LogP contribution in [0.1, 0.15) is 48.0 Å². The zero-order chi connectivity index (χ0) is 22.8. The first-order valence-corrected chi connectivity index (χ1v) is 10.0. The minimum absolute atomic E-state index is 0.0684. The first kappa shape index (κ1) is 22.1. The monoisotopic (exact) mass is 421 g/mol. The second kappa shape index (κ2) is 8.63. The van der Waals surface area contributed by atoms with Crippen molar-refractivity contribution in [3.63, 3.8) is 0 Å². The summed E-state index contributed by atoms with van der Waals surface area (Å²) in [5, 5.41) is 7.20. The maximum atomic E-state index is 13.0. The van der Waals surface area contributed by atoms with Crippen LogP contribution in [0.4, 0.5) is 10.5 Å². The predicted molar refractivity (Wildman–Crippen MR) is 122 cm³/mol. The fraction of sp³-hybridized carbons (Fsp3) is 0.292. The maximum absolute atomic E-state index is 13.0. The van der Waals surface area contributed by atoms with Gasteiger partial charge in [-0.2, -0.15) is 0 Å². The van der Waals surface area contributed by atoms with Gasteiger partial charge in [0.2, 0.25) is 0 Å². The summed E-state index contributed by atoms with van der Waals surface area (Å²) in [5.41, 5.74) is 1.76. The van der Waals surface area contributed by atoms with E-state index >= 15 is 0 Å². The van der Waals surface area contributed by atoms with E-state index in [1.807, 2.05) is 37.3 Å². The topological polar surface area (TPSA) is 100 Å². The van der Waals surface area contributed by atoms with Crippen LogP contribution in [0.25, 0.3) is 10.8 Å². The molecule has 0 radical (unpaired) electrons. The number of benzene rings is 2. The number of pyridine rings is 1. The Morgan fingerprint density at radius 2 is 1.68 bits per heavy atom. The number of aromatic nitrogens is 1. The molecule has 0 atom stereocenters. The van der Waals surface area contributed by atoms with Crippen molar-refractivity contribution < 1.29 is 14.3 Å². The van der Waals surface area contributed by atoms with Crippen molar-refractivity contribution in [2.45, 2.75) is 46.8 Å². The zero-order valence-electron chi connectivity index (χ0n) is 18.4. The van der Waals surface area contributed by atoms with E-state index in [2.05, 4.69) is 15.6 Å². The first-order valence-electron chi connectivity index (χ1n) is 10.0. The molecule has 0 aliphatic carbocycles. The molecule has 1 heterocycles. The van der Waals surface area contributed by atoms with Gasteiger partial charge in [-0.25, -0.2) is 4.79 Å². The fourth-order valence-corrected chi connectivity index (χ4v) is 3.31. The van der Waals surface area contributed by atoms with Crippen LogP contribution in [0.15, 0.2) is 47.3 Å². The molecule has 3 N–H and O–H groups in total. The molecule has 0 saturated heterocycles. The van der Waals surface area contributed by atoms with Gasteiger partial charge >= 0.3 is 6.09 Å². The number of carbonyl (C=O) groups excluding carboxylic acids is 2. The molecule has 2 aromatic carbocycles. The largest absolute Gasteiger partial charge is 0.444 e. The molecule has 0 aliphatic heterocycles. The standard InChI is InChI=1S/C24H27N3O4/c1-14-10-15(2)26-22(29)19(14)13-25-21(28)18-11-16-8-6-7-9-17(16)12-20(18)27-23(30)31-24(3,4)5/h6-12H,13H2,1-5H3,(H,25,28)(H,26,29)(H,27,30). The van der Waals surface area contributed by atoms with Gasteiger partial charge in [-0.05, 0) is 69.2 Å². The number of hydrogen-bond acceptors (Lipinski definition) is 4. The summed E-state index contributed by atoms with van der Waals surface area (Å²) in [5.74, 6) is -0.406. The molecule has 3 aromatic rings. The Kier molecular flexibility index (Phi) is 6.15. The van der Waals surface area contributed by atoms with E-state index in [1.54, 1.807) is 39.8 Å². The van der Waals surface area contributed by atoms with Crippen LogP contribution < -0.4 is 16.2 Å². The van der Waals surface area contributed by atoms with E-state index in [0.29, 0.717) is 11.3 Å². The SMILES string of the molecule is Cc1cc(C)c(CNC(=O)c2cc3ccccc3cc2NC(=O)OC(C)(C)C)c(=O)[nH]1. The van der Waals surface area contributed by atoms with Gasteiger partial charge in [0, 0.05) is 17.8 Å². The Morgan fingerprint density at radius 3 is 2.29 bits per heavy atom. The molecule has 7 heteroatoms. The lowest BCUT2D eigenvalue weighted by Crippen LogP contribution is -2.30. The molecule has 2 amide bonds. The predicted octanol–water partition coefficient (Wildman–Crippen LogP) is 4.42. The van der Waals surface area contributed by atoms with Gasteiger partial charge in [-0.1, -0.05) is 24.3 Å². The average Bonchev–Trinajstić information content (AvgIpc) is 2.64. The van der Waals surface area contributed by atoms with Crippen LogP contribution in [0.2, 0.25) is 0 Å². The molecule has 7 nitrogen and oxygen atoms in total. The first-order chi connectivity index (χ1) is 14.5. The number of rotatable bonds is 4. The number of anilines is 1. The van der Waals surface area contributed by atoms with E-state index in [0.717, 1.165) is 22.0 Å². The molecule has 0 unspecified atom stereocenters. The van der Waals surface area contributed by atoms with Crippen molar-refractivity contribution in [3.8, 4) is 0 Å². The fourth-order valence-electron chi connectivity index (χ4n) is 3.31. The summed E-state index contributed by atoms with van der Waals surface area (Å²) < 4.78 is 5.33. The number of H-pyrrole nitrogens is 1. The highest BCUT2D eigenvalue weighted by molar-refractivity contribution is 6.07. The van der Waals surface area contributed by atoms with Crippen LogP contribution in [0, 0.1) is 13.8 Å². The van der Waals surface area contributed by atoms with Gasteiger partial charge in [0.05, 0.1) is 11.3 Å². The third kappa shape index (κ3) is 5.51. The molecule has 0 aliphatic rings. The van der Waals surface area contributed by atoms with Crippen molar-refractivity contribution in [2.24, 2.45) is 0 Å². The van der Waals surface area contributed by atoms with Gasteiger partial charge in [-0.3, -0.25) is 14.9 Å². The summed E-state index contributed by atoms with van der Waals surface area (Å²) in [4.78, 5) is 40.3. The average molecular weight is 421 g/mol. The summed E-state index contributed by atoms with van der Waals surface area (Å²) in [7, 11) is 0. The smallest absolute Gasteiger partial charge is 0.412 e. The third-order valence-corrected chi connectivity index (χ3v) is 4.69. The van der Waals surface area contributed by atoms with Crippen LogP contribution in [0.3, 0.4) is 0 Å². The van der Waals surface area contributed by atoms with Crippen LogP contribution in [-0.4, -0.2) is 22.6 Å². The number of carbonyl (C=O) groups is 2. The molecule has 162 valence electrons. The molecule has 31 heavy (non-hydrogen) atoms. The second-order valence-corrected chi connectivity index (χ2v) is 8.50. The summed E-state index contributed by atoms with van der Waals surface area (Å²) >= 11 is 0. The van der Waals surface area contributed by atoms with Gasteiger partial charge in [0.15, 0.2) is 0 Å². The van der Waals surface area contributed by atoms with Crippen LogP contribution in [0.5, 0.6) is 0 Å².